The lowest BCUT2D eigenvalue weighted by atomic mass is 9.85. The van der Waals surface area contributed by atoms with Crippen LogP contribution in [0.5, 0.6) is 0 Å². The van der Waals surface area contributed by atoms with Crippen LogP contribution in [-0.2, 0) is 9.59 Å². The molecule has 5 nitrogen and oxygen atoms in total. The van der Waals surface area contributed by atoms with Gasteiger partial charge in [-0.3, -0.25) is 0 Å². The first kappa shape index (κ1) is 15.2. The van der Waals surface area contributed by atoms with Crippen molar-refractivity contribution in [3.63, 3.8) is 0 Å². The Balaban J connectivity index is 0.000000325. The highest BCUT2D eigenvalue weighted by molar-refractivity contribution is 5.86. The molecule has 0 aliphatic carbocycles. The Labute approximate surface area is 94.6 Å². The van der Waals surface area contributed by atoms with Crippen molar-refractivity contribution < 1.29 is 33.0 Å². The van der Waals surface area contributed by atoms with Gasteiger partial charge >= 0.3 is 18.1 Å². The van der Waals surface area contributed by atoms with Gasteiger partial charge in [-0.1, -0.05) is 5.92 Å². The van der Waals surface area contributed by atoms with Crippen molar-refractivity contribution in [3.8, 4) is 11.8 Å². The molecule has 0 spiro atoms. The van der Waals surface area contributed by atoms with Crippen LogP contribution in [-0.4, -0.2) is 41.4 Å². The molecule has 0 saturated carbocycles. The number of hydrogen-bond acceptors (Lipinski definition) is 3. The molecular weight excluding hydrogens is 243 g/mol. The van der Waals surface area contributed by atoms with Gasteiger partial charge in [-0.2, -0.15) is 13.2 Å². The summed E-state index contributed by atoms with van der Waals surface area (Å²) in [6.07, 6.45) is -5.08. The molecule has 0 aromatic carbocycles. The number of carboxylic acids is 2. The van der Waals surface area contributed by atoms with E-state index in [1.54, 1.807) is 0 Å². The molecule has 17 heavy (non-hydrogen) atoms. The molecule has 1 saturated heterocycles. The van der Waals surface area contributed by atoms with Crippen LogP contribution >= 0.6 is 0 Å². The quantitative estimate of drug-likeness (QED) is 0.541. The van der Waals surface area contributed by atoms with Crippen molar-refractivity contribution in [1.82, 2.24) is 5.32 Å². The molecule has 0 aromatic heterocycles. The van der Waals surface area contributed by atoms with Crippen LogP contribution in [0.2, 0.25) is 0 Å². The first-order valence-corrected chi connectivity index (χ1v) is 4.34. The largest absolute Gasteiger partial charge is 0.490 e. The van der Waals surface area contributed by atoms with Crippen LogP contribution in [0.1, 0.15) is 6.92 Å². The van der Waals surface area contributed by atoms with Gasteiger partial charge in [0.15, 0.2) is 0 Å². The highest BCUT2D eigenvalue weighted by Gasteiger charge is 2.38. The fraction of sp³-hybridized carbons (Fsp3) is 0.556. The summed E-state index contributed by atoms with van der Waals surface area (Å²) in [6, 6.07) is 0. The number of rotatable bonds is 0. The number of nitrogens with one attached hydrogen (secondary N) is 1. The fourth-order valence-electron chi connectivity index (χ4n) is 0.793. The highest BCUT2D eigenvalue weighted by Crippen LogP contribution is 2.18. The lowest BCUT2D eigenvalue weighted by Gasteiger charge is -2.33. The maximum absolute atomic E-state index is 10.6. The van der Waals surface area contributed by atoms with Crippen molar-refractivity contribution in [1.29, 1.82) is 0 Å². The molecule has 1 fully saturated rings. The topological polar surface area (TPSA) is 86.6 Å². The minimum absolute atomic E-state index is 0.0988. The van der Waals surface area contributed by atoms with Crippen LogP contribution in [0.25, 0.3) is 0 Å². The monoisotopic (exact) mass is 253 g/mol. The van der Waals surface area contributed by atoms with Gasteiger partial charge < -0.3 is 15.5 Å². The van der Waals surface area contributed by atoms with Gasteiger partial charge in [0, 0.05) is 19.0 Å². The molecule has 0 bridgehead atoms. The molecule has 1 aliphatic rings. The molecule has 96 valence electrons. The van der Waals surface area contributed by atoms with Gasteiger partial charge in [0.05, 0.1) is 5.41 Å². The Morgan fingerprint density at radius 3 is 1.88 bits per heavy atom. The number of alkyl halides is 3. The summed E-state index contributed by atoms with van der Waals surface area (Å²) >= 11 is 0. The molecule has 0 radical (unpaired) electrons. The maximum atomic E-state index is 10.6. The van der Waals surface area contributed by atoms with E-state index in [1.165, 1.54) is 0 Å². The molecule has 1 aliphatic heterocycles. The van der Waals surface area contributed by atoms with Gasteiger partial charge in [0.25, 0.3) is 0 Å². The summed E-state index contributed by atoms with van der Waals surface area (Å²) in [6.45, 7) is 3.54. The number of halogens is 3. The second kappa shape index (κ2) is 5.54. The summed E-state index contributed by atoms with van der Waals surface area (Å²) in [5, 5.41) is 18.4. The first-order chi connectivity index (χ1) is 7.57. The molecule has 1 heterocycles. The van der Waals surface area contributed by atoms with E-state index in [-0.39, 0.29) is 5.41 Å². The van der Waals surface area contributed by atoms with Crippen molar-refractivity contribution in [2.75, 3.05) is 13.1 Å². The molecular formula is C9H10F3NO4. The van der Waals surface area contributed by atoms with E-state index in [9.17, 15) is 18.0 Å². The smallest absolute Gasteiger partial charge is 0.475 e. The Morgan fingerprint density at radius 1 is 1.29 bits per heavy atom. The molecule has 0 unspecified atom stereocenters. The predicted molar refractivity (Wildman–Crippen MR) is 50.1 cm³/mol. The van der Waals surface area contributed by atoms with Crippen molar-refractivity contribution in [2.24, 2.45) is 5.41 Å². The number of carbonyl (C=O) groups is 2. The van der Waals surface area contributed by atoms with Crippen LogP contribution in [0, 0.1) is 17.3 Å². The molecule has 0 amide bonds. The Morgan fingerprint density at radius 2 is 1.71 bits per heavy atom. The van der Waals surface area contributed by atoms with E-state index in [2.05, 4.69) is 17.2 Å². The summed E-state index contributed by atoms with van der Waals surface area (Å²) in [4.78, 5) is 18.9. The Bertz CT molecular complexity index is 363. The maximum Gasteiger partial charge on any atom is 0.490 e. The highest BCUT2D eigenvalue weighted by atomic mass is 19.4. The average molecular weight is 253 g/mol. The van der Waals surface area contributed by atoms with Gasteiger partial charge in [-0.15, -0.1) is 0 Å². The van der Waals surface area contributed by atoms with Crippen molar-refractivity contribution in [2.45, 2.75) is 13.1 Å². The number of carboxylic acid groups (broad SMARTS) is 2. The zero-order chi connectivity index (χ0) is 13.7. The fourth-order valence-corrected chi connectivity index (χ4v) is 0.793. The summed E-state index contributed by atoms with van der Waals surface area (Å²) in [7, 11) is 0. The predicted octanol–water partition coefficient (Wildman–Crippen LogP) is 0.317. The average Bonchev–Trinajstić information content (AvgIpc) is 2.11. The van der Waals surface area contributed by atoms with Gasteiger partial charge in [0.1, 0.15) is 0 Å². The second-order valence-corrected chi connectivity index (χ2v) is 3.52. The summed E-state index contributed by atoms with van der Waals surface area (Å²) in [5.74, 6) is 0.992. The molecule has 8 heteroatoms. The number of hydrogen-bond donors (Lipinski definition) is 3. The van der Waals surface area contributed by atoms with E-state index in [0.717, 1.165) is 13.1 Å². The van der Waals surface area contributed by atoms with Crippen LogP contribution in [0.3, 0.4) is 0 Å². The van der Waals surface area contributed by atoms with E-state index in [1.807, 2.05) is 6.92 Å². The Kier molecular flexibility index (Phi) is 4.97. The minimum Gasteiger partial charge on any atom is -0.475 e. The number of aliphatic carboxylic acids is 2. The van der Waals surface area contributed by atoms with Crippen LogP contribution in [0.15, 0.2) is 0 Å². The second-order valence-electron chi connectivity index (χ2n) is 3.52. The molecule has 0 aromatic rings. The molecule has 1 rings (SSSR count). The van der Waals surface area contributed by atoms with Gasteiger partial charge in [-0.05, 0) is 6.92 Å². The summed E-state index contributed by atoms with van der Waals surface area (Å²) < 4.78 is 31.7. The van der Waals surface area contributed by atoms with E-state index < -0.39 is 18.1 Å². The first-order valence-electron chi connectivity index (χ1n) is 4.34. The lowest BCUT2D eigenvalue weighted by Crippen LogP contribution is -2.50. The van der Waals surface area contributed by atoms with E-state index in [4.69, 9.17) is 15.0 Å². The van der Waals surface area contributed by atoms with E-state index in [0.29, 0.717) is 0 Å². The molecule has 0 atom stereocenters. The summed E-state index contributed by atoms with van der Waals surface area (Å²) in [5.41, 5.74) is -0.0988. The molecule has 3 N–H and O–H groups in total. The normalized spacial score (nSPS) is 16.5. The SMILES string of the molecule is CC1(C#CC(=O)O)CNC1.O=C(O)C(F)(F)F. The van der Waals surface area contributed by atoms with Crippen molar-refractivity contribution >= 4 is 11.9 Å². The zero-order valence-corrected chi connectivity index (χ0v) is 8.76. The minimum atomic E-state index is -5.08. The van der Waals surface area contributed by atoms with Crippen LogP contribution < -0.4 is 5.32 Å². The lowest BCUT2D eigenvalue weighted by molar-refractivity contribution is -0.192. The third-order valence-corrected chi connectivity index (χ3v) is 1.74. The Hall–Kier alpha value is -1.75. The third-order valence-electron chi connectivity index (χ3n) is 1.74. The van der Waals surface area contributed by atoms with Gasteiger partial charge in [0.2, 0.25) is 0 Å². The van der Waals surface area contributed by atoms with Crippen molar-refractivity contribution in [3.05, 3.63) is 0 Å². The van der Waals surface area contributed by atoms with Gasteiger partial charge in [-0.25, -0.2) is 9.59 Å². The third kappa shape index (κ3) is 6.42. The standard InChI is InChI=1S/C7H9NO2.C2HF3O2/c1-7(4-8-5-7)3-2-6(9)10;3-2(4,5)1(6)7/h8H,4-5H2,1H3,(H,9,10);(H,6,7). The zero-order valence-electron chi connectivity index (χ0n) is 8.76. The van der Waals surface area contributed by atoms with E-state index >= 15 is 0 Å². The van der Waals surface area contributed by atoms with Crippen LogP contribution in [0.4, 0.5) is 13.2 Å².